The van der Waals surface area contributed by atoms with Gasteiger partial charge in [0.25, 0.3) is 0 Å². The van der Waals surface area contributed by atoms with Crippen molar-refractivity contribution in [2.75, 3.05) is 5.73 Å². The van der Waals surface area contributed by atoms with Gasteiger partial charge in [0.1, 0.15) is 5.78 Å². The number of nitrogens with two attached hydrogens (primary N) is 1. The van der Waals surface area contributed by atoms with Crippen LogP contribution in [0.25, 0.3) is 11.3 Å². The Hall–Kier alpha value is -2.51. The maximum absolute atomic E-state index is 12.5. The molecule has 3 fully saturated rings. The molecule has 3 aliphatic rings. The van der Waals surface area contributed by atoms with Crippen molar-refractivity contribution in [3.05, 3.63) is 24.0 Å². The maximum Gasteiger partial charge on any atom is 0.387 e. The summed E-state index contributed by atoms with van der Waals surface area (Å²) in [6.07, 6.45) is 3.09. The lowest BCUT2D eigenvalue weighted by Crippen LogP contribution is -2.30. The van der Waals surface area contributed by atoms with Gasteiger partial charge in [0.2, 0.25) is 0 Å². The molecule has 26 heavy (non-hydrogen) atoms. The number of ether oxygens (including phenoxy) is 1. The predicted molar refractivity (Wildman–Crippen MR) is 90.8 cm³/mol. The molecule has 3 aliphatic carbocycles. The van der Waals surface area contributed by atoms with Crippen molar-refractivity contribution in [1.29, 1.82) is 0 Å². The van der Waals surface area contributed by atoms with Crippen LogP contribution in [-0.4, -0.2) is 27.2 Å². The van der Waals surface area contributed by atoms with E-state index in [0.29, 0.717) is 29.4 Å². The highest BCUT2D eigenvalue weighted by atomic mass is 19.3. The predicted octanol–water partition coefficient (Wildman–Crippen LogP) is 3.40. The van der Waals surface area contributed by atoms with Gasteiger partial charge in [-0.15, -0.1) is 0 Å². The number of pyridine rings is 1. The number of halogens is 2. The fourth-order valence-corrected chi connectivity index (χ4v) is 4.15. The van der Waals surface area contributed by atoms with E-state index in [1.807, 2.05) is 24.6 Å². The Morgan fingerprint density at radius 2 is 2.12 bits per heavy atom. The van der Waals surface area contributed by atoms with Crippen LogP contribution < -0.4 is 10.5 Å². The second-order valence-electron chi connectivity index (χ2n) is 7.28. The zero-order chi connectivity index (χ0) is 18.6. The number of carbonyl (C=O) groups is 1. The van der Waals surface area contributed by atoms with Crippen molar-refractivity contribution < 1.29 is 18.3 Å². The summed E-state index contributed by atoms with van der Waals surface area (Å²) in [5.74, 6) is 0.739. The average Bonchev–Trinajstić information content (AvgIpc) is 3.21. The van der Waals surface area contributed by atoms with Gasteiger partial charge in [0.05, 0.1) is 5.69 Å². The van der Waals surface area contributed by atoms with Crippen molar-refractivity contribution in [2.45, 2.75) is 45.3 Å². The molecule has 138 valence electrons. The number of anilines is 1. The Balaban J connectivity index is 1.72. The molecule has 2 bridgehead atoms. The first-order valence-electron chi connectivity index (χ1n) is 8.68. The van der Waals surface area contributed by atoms with E-state index < -0.39 is 6.61 Å². The number of alkyl halides is 2. The molecule has 2 N–H and O–H groups in total. The summed E-state index contributed by atoms with van der Waals surface area (Å²) in [4.78, 5) is 15.9. The molecule has 6 nitrogen and oxygen atoms in total. The molecular formula is C18H20F2N4O2. The molecule has 0 saturated heterocycles. The Kier molecular flexibility index (Phi) is 3.93. The highest BCUT2D eigenvalue weighted by molar-refractivity contribution is 5.88. The number of hydrogen-bond donors (Lipinski definition) is 1. The minimum atomic E-state index is -2.98. The lowest BCUT2D eigenvalue weighted by Gasteiger charge is -2.35. The third kappa shape index (κ3) is 2.64. The first-order chi connectivity index (χ1) is 12.3. The van der Waals surface area contributed by atoms with Crippen LogP contribution in [-0.2, 0) is 4.79 Å². The molecular weight excluding hydrogens is 342 g/mol. The number of nitrogen functional groups attached to an aromatic ring is 1. The van der Waals surface area contributed by atoms with E-state index in [1.165, 1.54) is 12.3 Å². The zero-order valence-corrected chi connectivity index (χ0v) is 14.5. The molecule has 3 atom stereocenters. The number of hydrogen-bond acceptors (Lipinski definition) is 5. The van der Waals surface area contributed by atoms with Gasteiger partial charge in [0.15, 0.2) is 11.6 Å². The molecule has 5 rings (SSSR count). The van der Waals surface area contributed by atoms with Gasteiger partial charge >= 0.3 is 6.61 Å². The summed E-state index contributed by atoms with van der Waals surface area (Å²) in [6.45, 7) is 1.07. The monoisotopic (exact) mass is 362 g/mol. The lowest BCUT2D eigenvalue weighted by molar-refractivity contribution is -0.120. The van der Waals surface area contributed by atoms with Crippen LogP contribution in [0.15, 0.2) is 18.3 Å². The van der Waals surface area contributed by atoms with Crippen molar-refractivity contribution >= 4 is 11.6 Å². The molecule has 2 aromatic heterocycles. The number of aromatic nitrogens is 3. The van der Waals surface area contributed by atoms with E-state index in [4.69, 9.17) is 5.73 Å². The van der Waals surface area contributed by atoms with Gasteiger partial charge in [0, 0.05) is 41.8 Å². The molecule has 0 amide bonds. The third-order valence-electron chi connectivity index (χ3n) is 5.36. The zero-order valence-electron chi connectivity index (χ0n) is 14.5. The van der Waals surface area contributed by atoms with Gasteiger partial charge in [-0.1, -0.05) is 0 Å². The highest BCUT2D eigenvalue weighted by Crippen LogP contribution is 2.57. The second-order valence-corrected chi connectivity index (χ2v) is 7.28. The summed E-state index contributed by atoms with van der Waals surface area (Å²) in [5.41, 5.74) is 7.79. The minimum absolute atomic E-state index is 0.0873. The van der Waals surface area contributed by atoms with Crippen LogP contribution >= 0.6 is 0 Å². The van der Waals surface area contributed by atoms with E-state index in [-0.39, 0.29) is 29.4 Å². The van der Waals surface area contributed by atoms with E-state index in [2.05, 4.69) is 14.8 Å². The minimum Gasteiger partial charge on any atom is -0.431 e. The van der Waals surface area contributed by atoms with E-state index in [0.717, 1.165) is 12.1 Å². The van der Waals surface area contributed by atoms with E-state index >= 15 is 0 Å². The summed E-state index contributed by atoms with van der Waals surface area (Å²) >= 11 is 0. The Morgan fingerprint density at radius 3 is 2.69 bits per heavy atom. The lowest BCUT2D eigenvalue weighted by atomic mass is 9.70. The molecule has 8 heteroatoms. The van der Waals surface area contributed by atoms with Crippen LogP contribution in [0, 0.1) is 11.8 Å². The molecule has 2 aromatic rings. The van der Waals surface area contributed by atoms with Crippen LogP contribution in [0.4, 0.5) is 14.6 Å². The Morgan fingerprint density at radius 1 is 1.35 bits per heavy atom. The SMILES string of the molecule is CC(C)n1nc(-c2cnc(N)c(OC(F)F)c2)cc1[C@H]1C2C[C@H]1CC2=O. The molecule has 0 aromatic carbocycles. The maximum atomic E-state index is 12.5. The van der Waals surface area contributed by atoms with E-state index in [1.54, 1.807) is 0 Å². The molecule has 1 unspecified atom stereocenters. The number of Topliss-reactive ketones (excluding diaryl/α,β-unsaturated/α-hetero) is 1. The molecule has 2 heterocycles. The second kappa shape index (κ2) is 6.03. The van der Waals surface area contributed by atoms with Crippen LogP contribution in [0.3, 0.4) is 0 Å². The molecule has 3 saturated carbocycles. The van der Waals surface area contributed by atoms with Gasteiger partial charge in [-0.3, -0.25) is 9.48 Å². The van der Waals surface area contributed by atoms with Gasteiger partial charge < -0.3 is 10.5 Å². The van der Waals surface area contributed by atoms with Gasteiger partial charge in [-0.2, -0.15) is 13.9 Å². The smallest absolute Gasteiger partial charge is 0.387 e. The summed E-state index contributed by atoms with van der Waals surface area (Å²) in [7, 11) is 0. The number of fused-ring (bicyclic) bond motifs is 1. The fraction of sp³-hybridized carbons (Fsp3) is 0.500. The largest absolute Gasteiger partial charge is 0.431 e. The van der Waals surface area contributed by atoms with Gasteiger partial charge in [-0.05, 0) is 38.3 Å². The van der Waals surface area contributed by atoms with Gasteiger partial charge in [-0.25, -0.2) is 4.98 Å². The quantitative estimate of drug-likeness (QED) is 0.881. The first-order valence-corrected chi connectivity index (χ1v) is 8.68. The topological polar surface area (TPSA) is 83.0 Å². The Labute approximate surface area is 149 Å². The van der Waals surface area contributed by atoms with Crippen LogP contribution in [0.5, 0.6) is 5.75 Å². The number of nitrogens with zero attached hydrogens (tertiary/aromatic N) is 3. The molecule has 0 spiro atoms. The third-order valence-corrected chi connectivity index (χ3v) is 5.36. The normalized spacial score (nSPS) is 24.4. The molecule has 0 radical (unpaired) electrons. The highest BCUT2D eigenvalue weighted by Gasteiger charge is 2.54. The van der Waals surface area contributed by atoms with Crippen molar-refractivity contribution in [2.24, 2.45) is 11.8 Å². The average molecular weight is 362 g/mol. The fourth-order valence-electron chi connectivity index (χ4n) is 4.15. The number of rotatable bonds is 5. The number of carbonyl (C=O) groups excluding carboxylic acids is 1. The summed E-state index contributed by atoms with van der Waals surface area (Å²) < 4.78 is 31.4. The van der Waals surface area contributed by atoms with Crippen molar-refractivity contribution in [1.82, 2.24) is 14.8 Å². The number of ketones is 1. The molecule has 0 aliphatic heterocycles. The van der Waals surface area contributed by atoms with Crippen LogP contribution in [0.2, 0.25) is 0 Å². The Bertz CT molecular complexity index is 865. The van der Waals surface area contributed by atoms with Crippen molar-refractivity contribution in [3.63, 3.8) is 0 Å². The summed E-state index contributed by atoms with van der Waals surface area (Å²) in [6, 6.07) is 3.47. The standard InChI is InChI=1S/C18H20F2N4O2/c1-8(2)24-13(16-9-3-11(16)14(25)4-9)6-12(23-24)10-5-15(26-18(19)20)17(21)22-7-10/h5-9,11,16,18H,3-4H2,1-2H3,(H2,21,22)/t9-,11?,16+/m0/s1. The van der Waals surface area contributed by atoms with E-state index in [9.17, 15) is 13.6 Å². The summed E-state index contributed by atoms with van der Waals surface area (Å²) in [5, 5.41) is 4.64. The first kappa shape index (κ1) is 16.9. The van der Waals surface area contributed by atoms with Crippen molar-refractivity contribution in [3.8, 4) is 17.0 Å². The van der Waals surface area contributed by atoms with Crippen LogP contribution in [0.1, 0.15) is 44.3 Å².